The number of carbonyl (C=O) groups is 1. The number of nitrogens with one attached hydrogen (secondary N) is 1. The maximum absolute atomic E-state index is 13.0. The highest BCUT2D eigenvalue weighted by Gasteiger charge is 2.20. The Bertz CT molecular complexity index is 1090. The van der Waals surface area contributed by atoms with Crippen LogP contribution in [0.1, 0.15) is 10.4 Å². The van der Waals surface area contributed by atoms with Crippen molar-refractivity contribution in [1.82, 2.24) is 9.78 Å². The van der Waals surface area contributed by atoms with Gasteiger partial charge in [0.15, 0.2) is 0 Å². The van der Waals surface area contributed by atoms with E-state index >= 15 is 0 Å². The van der Waals surface area contributed by atoms with Gasteiger partial charge in [-0.1, -0.05) is 0 Å². The second kappa shape index (κ2) is 7.08. The molecule has 0 saturated heterocycles. The number of carboxylic acid groups (broad SMARTS) is 1. The number of aromatic carboxylic acids is 1. The highest BCUT2D eigenvalue weighted by Crippen LogP contribution is 2.28. The first-order chi connectivity index (χ1) is 12.8. The normalized spacial score (nSPS) is 11.2. The number of carboxylic acids is 1. The summed E-state index contributed by atoms with van der Waals surface area (Å²) in [5.74, 6) is -1.52. The summed E-state index contributed by atoms with van der Waals surface area (Å²) in [4.78, 5) is 10.9. The molecule has 0 bridgehead atoms. The summed E-state index contributed by atoms with van der Waals surface area (Å²) in [6.45, 7) is 0. The third-order valence-corrected chi connectivity index (χ3v) is 4.97. The van der Waals surface area contributed by atoms with Crippen molar-refractivity contribution in [2.24, 2.45) is 0 Å². The van der Waals surface area contributed by atoms with E-state index in [4.69, 9.17) is 9.84 Å². The van der Waals surface area contributed by atoms with Crippen molar-refractivity contribution in [2.75, 3.05) is 11.8 Å². The number of aromatic nitrogens is 2. The molecule has 2 N–H and O–H groups in total. The number of sulfonamides is 1. The molecule has 0 unspecified atom stereocenters. The van der Waals surface area contributed by atoms with E-state index in [0.717, 1.165) is 6.20 Å². The fourth-order valence-corrected chi connectivity index (χ4v) is 3.29. The van der Waals surface area contributed by atoms with Gasteiger partial charge in [0.2, 0.25) is 0 Å². The fraction of sp³-hybridized carbons (Fsp3) is 0.0588. The van der Waals surface area contributed by atoms with Gasteiger partial charge >= 0.3 is 5.97 Å². The summed E-state index contributed by atoms with van der Waals surface area (Å²) in [5, 5.41) is 13.0. The zero-order chi connectivity index (χ0) is 19.6. The van der Waals surface area contributed by atoms with Gasteiger partial charge in [0, 0.05) is 0 Å². The lowest BCUT2D eigenvalue weighted by atomic mass is 10.2. The maximum Gasteiger partial charge on any atom is 0.335 e. The van der Waals surface area contributed by atoms with Crippen LogP contribution in [0.2, 0.25) is 0 Å². The summed E-state index contributed by atoms with van der Waals surface area (Å²) in [6.07, 6.45) is 2.41. The molecule has 0 aliphatic heterocycles. The summed E-state index contributed by atoms with van der Waals surface area (Å²) >= 11 is 0. The van der Waals surface area contributed by atoms with E-state index in [1.165, 1.54) is 60.5 Å². The smallest absolute Gasteiger partial charge is 0.335 e. The number of hydrogen-bond acceptors (Lipinski definition) is 5. The van der Waals surface area contributed by atoms with Gasteiger partial charge in [-0.3, -0.25) is 4.72 Å². The van der Waals surface area contributed by atoms with E-state index in [0.29, 0.717) is 5.69 Å². The molecule has 0 radical (unpaired) electrons. The number of nitrogens with zero attached hydrogens (tertiary/aromatic N) is 2. The lowest BCUT2D eigenvalue weighted by Gasteiger charge is -2.11. The van der Waals surface area contributed by atoms with E-state index in [-0.39, 0.29) is 21.9 Å². The van der Waals surface area contributed by atoms with Gasteiger partial charge in [0.25, 0.3) is 10.0 Å². The van der Waals surface area contributed by atoms with Crippen LogP contribution >= 0.6 is 0 Å². The Labute approximate surface area is 153 Å². The van der Waals surface area contributed by atoms with Gasteiger partial charge in [0.1, 0.15) is 16.5 Å². The molecule has 3 aromatic rings. The Morgan fingerprint density at radius 1 is 1.22 bits per heavy atom. The van der Waals surface area contributed by atoms with Crippen LogP contribution in [0, 0.1) is 5.82 Å². The van der Waals surface area contributed by atoms with Gasteiger partial charge in [0.05, 0.1) is 36.4 Å². The molecule has 3 rings (SSSR count). The number of hydrogen-bond donors (Lipinski definition) is 2. The second-order valence-electron chi connectivity index (χ2n) is 5.42. The Hall–Kier alpha value is -3.40. The third kappa shape index (κ3) is 3.90. The van der Waals surface area contributed by atoms with Crippen LogP contribution in [0.5, 0.6) is 5.75 Å². The zero-order valence-electron chi connectivity index (χ0n) is 14.0. The van der Waals surface area contributed by atoms with Crippen LogP contribution in [0.15, 0.2) is 59.8 Å². The number of anilines is 1. The molecular formula is C17H14FN3O5S. The topological polar surface area (TPSA) is 111 Å². The van der Waals surface area contributed by atoms with E-state index in [9.17, 15) is 17.6 Å². The Balaban J connectivity index is 1.89. The largest absolute Gasteiger partial charge is 0.495 e. The van der Waals surface area contributed by atoms with Crippen LogP contribution in [-0.4, -0.2) is 36.4 Å². The molecule has 0 saturated carbocycles. The Kier molecular flexibility index (Phi) is 4.82. The van der Waals surface area contributed by atoms with Crippen molar-refractivity contribution >= 4 is 21.7 Å². The lowest BCUT2D eigenvalue weighted by molar-refractivity contribution is 0.0696. The standard InChI is InChI=1S/C17H14FN3O5S/c1-26-16-8-11(17(22)23)2-7-15(16)20-27(24,25)14-9-19-21(10-14)13-5-3-12(18)4-6-13/h2-10,20H,1H3,(H,22,23). The minimum atomic E-state index is -4.01. The average molecular weight is 391 g/mol. The van der Waals surface area contributed by atoms with Crippen molar-refractivity contribution in [2.45, 2.75) is 4.90 Å². The van der Waals surface area contributed by atoms with E-state index in [1.54, 1.807) is 0 Å². The summed E-state index contributed by atoms with van der Waals surface area (Å²) in [5.41, 5.74) is 0.525. The van der Waals surface area contributed by atoms with Crippen LogP contribution in [0.25, 0.3) is 5.69 Å². The van der Waals surface area contributed by atoms with Crippen molar-refractivity contribution in [3.05, 3.63) is 66.2 Å². The molecule has 1 aromatic heterocycles. The lowest BCUT2D eigenvalue weighted by Crippen LogP contribution is -2.13. The van der Waals surface area contributed by atoms with Crippen LogP contribution in [0.3, 0.4) is 0 Å². The maximum atomic E-state index is 13.0. The van der Waals surface area contributed by atoms with E-state index in [2.05, 4.69) is 9.82 Å². The Morgan fingerprint density at radius 3 is 2.56 bits per heavy atom. The molecule has 2 aromatic carbocycles. The summed E-state index contributed by atoms with van der Waals surface area (Å²) in [6, 6.07) is 9.15. The van der Waals surface area contributed by atoms with Gasteiger partial charge < -0.3 is 9.84 Å². The highest BCUT2D eigenvalue weighted by molar-refractivity contribution is 7.92. The first-order valence-corrected chi connectivity index (χ1v) is 9.03. The van der Waals surface area contributed by atoms with Gasteiger partial charge in [-0.2, -0.15) is 5.10 Å². The summed E-state index contributed by atoms with van der Waals surface area (Å²) < 4.78 is 46.9. The molecule has 0 aliphatic rings. The fourth-order valence-electron chi connectivity index (χ4n) is 2.29. The van der Waals surface area contributed by atoms with Crippen molar-refractivity contribution in [1.29, 1.82) is 0 Å². The average Bonchev–Trinajstić information content (AvgIpc) is 3.13. The molecule has 0 aliphatic carbocycles. The molecule has 10 heteroatoms. The minimum absolute atomic E-state index is 0.0427. The monoisotopic (exact) mass is 391 g/mol. The first kappa shape index (κ1) is 18.4. The minimum Gasteiger partial charge on any atom is -0.495 e. The number of halogens is 1. The second-order valence-corrected chi connectivity index (χ2v) is 7.11. The summed E-state index contributed by atoms with van der Waals surface area (Å²) in [7, 11) is -2.71. The quantitative estimate of drug-likeness (QED) is 0.668. The number of rotatable bonds is 6. The van der Waals surface area contributed by atoms with E-state index < -0.39 is 21.8 Å². The number of ether oxygens (including phenoxy) is 1. The van der Waals surface area contributed by atoms with Crippen LogP contribution < -0.4 is 9.46 Å². The van der Waals surface area contributed by atoms with Crippen LogP contribution in [-0.2, 0) is 10.0 Å². The van der Waals surface area contributed by atoms with Crippen molar-refractivity contribution in [3.63, 3.8) is 0 Å². The number of benzene rings is 2. The van der Waals surface area contributed by atoms with Crippen molar-refractivity contribution < 1.29 is 27.4 Å². The third-order valence-electron chi connectivity index (χ3n) is 3.65. The Morgan fingerprint density at radius 2 is 1.93 bits per heavy atom. The van der Waals surface area contributed by atoms with E-state index in [1.807, 2.05) is 0 Å². The SMILES string of the molecule is COc1cc(C(=O)O)ccc1NS(=O)(=O)c1cnn(-c2ccc(F)cc2)c1. The molecule has 0 fully saturated rings. The predicted octanol–water partition coefficient (Wildman–Crippen LogP) is 2.52. The number of methoxy groups -OCH3 is 1. The molecule has 0 amide bonds. The zero-order valence-corrected chi connectivity index (χ0v) is 14.8. The van der Waals surface area contributed by atoms with Crippen molar-refractivity contribution in [3.8, 4) is 11.4 Å². The molecule has 27 heavy (non-hydrogen) atoms. The molecular weight excluding hydrogens is 377 g/mol. The predicted molar refractivity (Wildman–Crippen MR) is 94.3 cm³/mol. The molecule has 8 nitrogen and oxygen atoms in total. The van der Waals surface area contributed by atoms with Crippen LogP contribution in [0.4, 0.5) is 10.1 Å². The molecule has 0 spiro atoms. The van der Waals surface area contributed by atoms with Gasteiger partial charge in [-0.25, -0.2) is 22.3 Å². The first-order valence-electron chi connectivity index (χ1n) is 7.55. The molecule has 140 valence electrons. The van der Waals surface area contributed by atoms with Gasteiger partial charge in [-0.15, -0.1) is 0 Å². The molecule has 1 heterocycles. The highest BCUT2D eigenvalue weighted by atomic mass is 32.2. The van der Waals surface area contributed by atoms with Gasteiger partial charge in [-0.05, 0) is 42.5 Å². The molecule has 0 atom stereocenters.